The molecule has 1 aliphatic rings. The third-order valence-electron chi connectivity index (χ3n) is 2.02. The number of hydrogen-bond donors (Lipinski definition) is 1. The van der Waals surface area contributed by atoms with Crippen LogP contribution in [0.25, 0.3) is 0 Å². The Morgan fingerprint density at radius 2 is 2.40 bits per heavy atom. The highest BCUT2D eigenvalue weighted by molar-refractivity contribution is 4.73. The molecule has 60 valence electrons. The van der Waals surface area contributed by atoms with E-state index >= 15 is 0 Å². The number of aliphatic hydroxyl groups is 1. The van der Waals surface area contributed by atoms with Crippen LogP contribution in [-0.4, -0.2) is 49.0 Å². The molecule has 0 saturated carbocycles. The SMILES string of the molecule is C[C@H]1CO[C@H](CO)CN1C. The van der Waals surface area contributed by atoms with E-state index in [0.29, 0.717) is 6.04 Å². The van der Waals surface area contributed by atoms with Crippen molar-refractivity contribution in [1.29, 1.82) is 0 Å². The molecule has 0 amide bonds. The fraction of sp³-hybridized carbons (Fsp3) is 1.00. The van der Waals surface area contributed by atoms with Gasteiger partial charge in [-0.2, -0.15) is 0 Å². The van der Waals surface area contributed by atoms with Crippen LogP contribution in [0, 0.1) is 0 Å². The maximum Gasteiger partial charge on any atom is 0.0933 e. The Labute approximate surface area is 61.6 Å². The second kappa shape index (κ2) is 3.32. The number of nitrogens with zero attached hydrogens (tertiary/aromatic N) is 1. The van der Waals surface area contributed by atoms with Gasteiger partial charge in [0.05, 0.1) is 19.3 Å². The van der Waals surface area contributed by atoms with Crippen LogP contribution < -0.4 is 0 Å². The van der Waals surface area contributed by atoms with E-state index in [1.807, 2.05) is 0 Å². The Bertz CT molecular complexity index is 108. The Balaban J connectivity index is 2.33. The summed E-state index contributed by atoms with van der Waals surface area (Å²) in [7, 11) is 2.05. The van der Waals surface area contributed by atoms with Gasteiger partial charge in [-0.1, -0.05) is 0 Å². The first-order chi connectivity index (χ1) is 4.74. The number of morpholine rings is 1. The molecule has 1 saturated heterocycles. The fourth-order valence-corrected chi connectivity index (χ4v) is 1.07. The molecule has 0 bridgehead atoms. The number of aliphatic hydroxyl groups excluding tert-OH is 1. The molecule has 3 nitrogen and oxygen atoms in total. The van der Waals surface area contributed by atoms with Crippen LogP contribution in [0.3, 0.4) is 0 Å². The normalized spacial score (nSPS) is 36.3. The topological polar surface area (TPSA) is 32.7 Å². The highest BCUT2D eigenvalue weighted by atomic mass is 16.5. The molecule has 2 atom stereocenters. The monoisotopic (exact) mass is 145 g/mol. The summed E-state index contributed by atoms with van der Waals surface area (Å²) in [6.07, 6.45) is 0.0289. The first-order valence-corrected chi connectivity index (χ1v) is 3.66. The number of ether oxygens (including phenoxy) is 1. The van der Waals surface area contributed by atoms with Crippen molar-refractivity contribution in [2.75, 3.05) is 26.8 Å². The van der Waals surface area contributed by atoms with Crippen molar-refractivity contribution in [1.82, 2.24) is 4.90 Å². The predicted octanol–water partition coefficient (Wildman–Crippen LogP) is -0.302. The zero-order chi connectivity index (χ0) is 7.56. The molecule has 0 aromatic rings. The van der Waals surface area contributed by atoms with E-state index < -0.39 is 0 Å². The predicted molar refractivity (Wildman–Crippen MR) is 38.9 cm³/mol. The standard InChI is InChI=1S/C7H15NO2/c1-6-5-10-7(4-9)3-8(6)2/h6-7,9H,3-5H2,1-2H3/t6-,7-/m0/s1. The van der Waals surface area contributed by atoms with E-state index in [4.69, 9.17) is 9.84 Å². The van der Waals surface area contributed by atoms with Gasteiger partial charge in [0.15, 0.2) is 0 Å². The number of likely N-dealkylation sites (N-methyl/N-ethyl adjacent to an activating group) is 1. The number of hydrogen-bond acceptors (Lipinski definition) is 3. The average molecular weight is 145 g/mol. The van der Waals surface area contributed by atoms with Crippen LogP contribution in [0.2, 0.25) is 0 Å². The molecule has 1 heterocycles. The summed E-state index contributed by atoms with van der Waals surface area (Å²) in [5.41, 5.74) is 0. The molecule has 3 heteroatoms. The average Bonchev–Trinajstić information content (AvgIpc) is 1.95. The maximum atomic E-state index is 8.74. The van der Waals surface area contributed by atoms with Gasteiger partial charge in [0.2, 0.25) is 0 Å². The largest absolute Gasteiger partial charge is 0.394 e. The lowest BCUT2D eigenvalue weighted by molar-refractivity contribution is -0.0694. The summed E-state index contributed by atoms with van der Waals surface area (Å²) in [5.74, 6) is 0. The molecule has 1 fully saturated rings. The van der Waals surface area contributed by atoms with E-state index in [1.165, 1.54) is 0 Å². The Morgan fingerprint density at radius 1 is 1.70 bits per heavy atom. The van der Waals surface area contributed by atoms with Crippen molar-refractivity contribution in [3.8, 4) is 0 Å². The van der Waals surface area contributed by atoms with E-state index in [1.54, 1.807) is 0 Å². The van der Waals surface area contributed by atoms with Crippen molar-refractivity contribution in [2.45, 2.75) is 19.1 Å². The van der Waals surface area contributed by atoms with Gasteiger partial charge in [0.25, 0.3) is 0 Å². The van der Waals surface area contributed by atoms with Gasteiger partial charge in [-0.3, -0.25) is 4.90 Å². The zero-order valence-corrected chi connectivity index (χ0v) is 6.58. The Hall–Kier alpha value is -0.120. The quantitative estimate of drug-likeness (QED) is 0.550. The van der Waals surface area contributed by atoms with Gasteiger partial charge in [-0.25, -0.2) is 0 Å². The van der Waals surface area contributed by atoms with Crippen molar-refractivity contribution < 1.29 is 9.84 Å². The van der Waals surface area contributed by atoms with E-state index in [9.17, 15) is 0 Å². The lowest BCUT2D eigenvalue weighted by atomic mass is 10.2. The van der Waals surface area contributed by atoms with Gasteiger partial charge in [-0.15, -0.1) is 0 Å². The highest BCUT2D eigenvalue weighted by Gasteiger charge is 2.21. The molecule has 0 spiro atoms. The summed E-state index contributed by atoms with van der Waals surface area (Å²) in [5, 5.41) is 8.74. The third kappa shape index (κ3) is 1.68. The van der Waals surface area contributed by atoms with Crippen molar-refractivity contribution in [3.63, 3.8) is 0 Å². The summed E-state index contributed by atoms with van der Waals surface area (Å²) in [6, 6.07) is 0.489. The summed E-state index contributed by atoms with van der Waals surface area (Å²) in [6.45, 7) is 3.84. The molecular formula is C7H15NO2. The molecular weight excluding hydrogens is 130 g/mol. The summed E-state index contributed by atoms with van der Waals surface area (Å²) >= 11 is 0. The first kappa shape index (κ1) is 7.98. The van der Waals surface area contributed by atoms with Crippen LogP contribution in [-0.2, 0) is 4.74 Å². The Kier molecular flexibility index (Phi) is 2.65. The minimum absolute atomic E-state index is 0.0289. The molecule has 1 aliphatic heterocycles. The first-order valence-electron chi connectivity index (χ1n) is 3.66. The van der Waals surface area contributed by atoms with Crippen LogP contribution in [0.1, 0.15) is 6.92 Å². The molecule has 10 heavy (non-hydrogen) atoms. The lowest BCUT2D eigenvalue weighted by Gasteiger charge is -2.34. The van der Waals surface area contributed by atoms with E-state index in [-0.39, 0.29) is 12.7 Å². The van der Waals surface area contributed by atoms with E-state index in [0.717, 1.165) is 13.2 Å². The van der Waals surface area contributed by atoms with Crippen molar-refractivity contribution >= 4 is 0 Å². The van der Waals surface area contributed by atoms with Crippen LogP contribution >= 0.6 is 0 Å². The second-order valence-corrected chi connectivity index (χ2v) is 2.93. The molecule has 1 N–H and O–H groups in total. The molecule has 1 rings (SSSR count). The maximum absolute atomic E-state index is 8.74. The van der Waals surface area contributed by atoms with Crippen LogP contribution in [0.15, 0.2) is 0 Å². The minimum atomic E-state index is 0.0289. The van der Waals surface area contributed by atoms with Crippen LogP contribution in [0.4, 0.5) is 0 Å². The fourth-order valence-electron chi connectivity index (χ4n) is 1.07. The van der Waals surface area contributed by atoms with Crippen molar-refractivity contribution in [3.05, 3.63) is 0 Å². The van der Waals surface area contributed by atoms with Gasteiger partial charge >= 0.3 is 0 Å². The summed E-state index contributed by atoms with van der Waals surface area (Å²) < 4.78 is 5.32. The smallest absolute Gasteiger partial charge is 0.0933 e. The molecule has 0 aromatic heterocycles. The lowest BCUT2D eigenvalue weighted by Crippen LogP contribution is -2.47. The zero-order valence-electron chi connectivity index (χ0n) is 6.58. The summed E-state index contributed by atoms with van der Waals surface area (Å²) in [4.78, 5) is 2.20. The second-order valence-electron chi connectivity index (χ2n) is 2.93. The van der Waals surface area contributed by atoms with Gasteiger partial charge < -0.3 is 9.84 Å². The van der Waals surface area contributed by atoms with Gasteiger partial charge in [-0.05, 0) is 14.0 Å². The Morgan fingerprint density at radius 3 is 2.90 bits per heavy atom. The number of rotatable bonds is 1. The van der Waals surface area contributed by atoms with Crippen molar-refractivity contribution in [2.24, 2.45) is 0 Å². The van der Waals surface area contributed by atoms with Gasteiger partial charge in [0, 0.05) is 12.6 Å². The van der Waals surface area contributed by atoms with Gasteiger partial charge in [0.1, 0.15) is 0 Å². The van der Waals surface area contributed by atoms with Crippen LogP contribution in [0.5, 0.6) is 0 Å². The molecule has 0 aromatic carbocycles. The highest BCUT2D eigenvalue weighted by Crippen LogP contribution is 2.07. The van der Waals surface area contributed by atoms with E-state index in [2.05, 4.69) is 18.9 Å². The molecule has 0 aliphatic carbocycles. The molecule has 0 radical (unpaired) electrons. The third-order valence-corrected chi connectivity index (χ3v) is 2.02. The minimum Gasteiger partial charge on any atom is -0.394 e. The molecule has 0 unspecified atom stereocenters.